The van der Waals surface area contributed by atoms with Gasteiger partial charge in [-0.3, -0.25) is 0 Å². The van der Waals surface area contributed by atoms with Gasteiger partial charge in [0.2, 0.25) is 0 Å². The molecule has 3 aromatic rings. The number of anilines is 3. The van der Waals surface area contributed by atoms with Crippen molar-refractivity contribution in [1.29, 1.82) is 0 Å². The monoisotopic (exact) mass is 647 g/mol. The quantitative estimate of drug-likeness (QED) is 0.225. The largest absolute Gasteiger partial charge is 0.444 e. The van der Waals surface area contributed by atoms with Crippen LogP contribution in [-0.2, 0) is 20.6 Å². The van der Waals surface area contributed by atoms with Crippen molar-refractivity contribution in [3.63, 3.8) is 0 Å². The molecule has 0 aromatic carbocycles. The van der Waals surface area contributed by atoms with E-state index in [-0.39, 0.29) is 23.8 Å². The zero-order valence-electron chi connectivity index (χ0n) is 27.7. The first kappa shape index (κ1) is 31.6. The van der Waals surface area contributed by atoms with E-state index in [2.05, 4.69) is 20.3 Å². The maximum Gasteiger partial charge on any atom is 0.407 e. The molecule has 0 saturated carbocycles. The van der Waals surface area contributed by atoms with Crippen LogP contribution in [0.2, 0.25) is 0 Å². The summed E-state index contributed by atoms with van der Waals surface area (Å²) in [6.45, 7) is 11.2. The van der Waals surface area contributed by atoms with Gasteiger partial charge in [-0.2, -0.15) is 0 Å². The average Bonchev–Trinajstić information content (AvgIpc) is 3.58. The number of aromatic nitrogens is 5. The highest BCUT2D eigenvalue weighted by Crippen LogP contribution is 2.44. The topological polar surface area (TPSA) is 152 Å². The van der Waals surface area contributed by atoms with Gasteiger partial charge >= 0.3 is 6.09 Å². The number of carbonyl (C=O) groups is 1. The SMILES string of the molecule is C[C@@H]1OCC2(CCN(c3cnc4c(N5CCCc6nc(/C=N/O)ccc65)nn(C5CCCCO5)c4n3)CC2)[C@@H]1NC(=O)OC(C)(C)C. The smallest absolute Gasteiger partial charge is 0.407 e. The molecule has 14 nitrogen and oxygen atoms in total. The van der Waals surface area contributed by atoms with E-state index >= 15 is 0 Å². The summed E-state index contributed by atoms with van der Waals surface area (Å²) in [7, 11) is 0. The van der Waals surface area contributed by atoms with Crippen molar-refractivity contribution in [2.75, 3.05) is 42.6 Å². The van der Waals surface area contributed by atoms with E-state index in [1.807, 2.05) is 50.7 Å². The average molecular weight is 648 g/mol. The highest BCUT2D eigenvalue weighted by molar-refractivity contribution is 5.88. The van der Waals surface area contributed by atoms with Crippen LogP contribution >= 0.6 is 0 Å². The predicted octanol–water partition coefficient (Wildman–Crippen LogP) is 4.71. The van der Waals surface area contributed by atoms with Crippen LogP contribution in [0.4, 0.5) is 22.1 Å². The third-order valence-corrected chi connectivity index (χ3v) is 9.82. The summed E-state index contributed by atoms with van der Waals surface area (Å²) in [5.74, 6) is 1.54. The minimum Gasteiger partial charge on any atom is -0.444 e. The van der Waals surface area contributed by atoms with Gasteiger partial charge in [0.05, 0.1) is 48.2 Å². The number of aryl methyl sites for hydroxylation is 1. The van der Waals surface area contributed by atoms with Gasteiger partial charge in [-0.1, -0.05) is 5.16 Å². The van der Waals surface area contributed by atoms with Gasteiger partial charge in [-0.05, 0) is 84.8 Å². The van der Waals surface area contributed by atoms with E-state index in [0.717, 1.165) is 93.1 Å². The third kappa shape index (κ3) is 6.20. The Morgan fingerprint density at radius 2 is 1.98 bits per heavy atom. The highest BCUT2D eigenvalue weighted by Gasteiger charge is 2.50. The lowest BCUT2D eigenvalue weighted by molar-refractivity contribution is -0.0368. The normalized spacial score (nSPS) is 24.6. The van der Waals surface area contributed by atoms with Crippen LogP contribution in [0.3, 0.4) is 0 Å². The highest BCUT2D eigenvalue weighted by atomic mass is 16.6. The van der Waals surface area contributed by atoms with Gasteiger partial charge in [0.15, 0.2) is 23.2 Å². The van der Waals surface area contributed by atoms with E-state index in [9.17, 15) is 4.79 Å². The van der Waals surface area contributed by atoms with Crippen LogP contribution in [0, 0.1) is 5.41 Å². The van der Waals surface area contributed by atoms with Gasteiger partial charge in [-0.15, -0.1) is 5.10 Å². The van der Waals surface area contributed by atoms with Gasteiger partial charge in [0.1, 0.15) is 11.4 Å². The Labute approximate surface area is 274 Å². The Kier molecular flexibility index (Phi) is 8.41. The van der Waals surface area contributed by atoms with E-state index in [0.29, 0.717) is 24.6 Å². The van der Waals surface area contributed by atoms with Crippen LogP contribution in [0.15, 0.2) is 23.5 Å². The molecule has 3 aromatic heterocycles. The number of hydrogen-bond donors (Lipinski definition) is 2. The van der Waals surface area contributed by atoms with Gasteiger partial charge < -0.3 is 34.5 Å². The number of nitrogens with zero attached hydrogens (tertiary/aromatic N) is 8. The van der Waals surface area contributed by atoms with Crippen molar-refractivity contribution in [2.45, 2.75) is 96.6 Å². The van der Waals surface area contributed by atoms with Crippen molar-refractivity contribution in [3.05, 3.63) is 29.7 Å². The van der Waals surface area contributed by atoms with Crippen LogP contribution in [-0.4, -0.2) is 92.8 Å². The second-order valence-corrected chi connectivity index (χ2v) is 14.2. The van der Waals surface area contributed by atoms with Crippen LogP contribution in [0.25, 0.3) is 11.2 Å². The molecule has 47 heavy (non-hydrogen) atoms. The standard InChI is InChI=1S/C33H45N9O5/c1-21-28(38-31(43)47-32(2,3)4)33(20-46-21)12-15-40(16-13-33)25-19-34-27-29(37-25)42(26-9-5-6-17-45-26)39-30(27)41-14-7-8-23-24(41)11-10-22(36-23)18-35-44/h10-11,18-19,21,26,28,44H,5-9,12-17,20H2,1-4H3,(H,38,43)/b35-18+/t21-,26?,28+/m0/s1. The summed E-state index contributed by atoms with van der Waals surface area (Å²) in [5.41, 5.74) is 3.20. The second-order valence-electron chi connectivity index (χ2n) is 14.2. The maximum absolute atomic E-state index is 12.7. The maximum atomic E-state index is 12.7. The number of hydrogen-bond acceptors (Lipinski definition) is 12. The van der Waals surface area contributed by atoms with Gasteiger partial charge in [0, 0.05) is 31.7 Å². The van der Waals surface area contributed by atoms with Crippen molar-refractivity contribution in [3.8, 4) is 0 Å². The number of amides is 1. The molecule has 1 spiro atoms. The lowest BCUT2D eigenvalue weighted by atomic mass is 9.73. The zero-order chi connectivity index (χ0) is 32.8. The first-order valence-corrected chi connectivity index (χ1v) is 16.8. The number of carbonyl (C=O) groups excluding carboxylic acids is 1. The van der Waals surface area contributed by atoms with Gasteiger partial charge in [0.25, 0.3) is 0 Å². The van der Waals surface area contributed by atoms with Gasteiger partial charge in [-0.25, -0.2) is 24.4 Å². The molecule has 2 N–H and O–H groups in total. The number of alkyl carbamates (subject to hydrolysis) is 1. The summed E-state index contributed by atoms with van der Waals surface area (Å²) < 4.78 is 19.8. The molecule has 1 unspecified atom stereocenters. The number of pyridine rings is 1. The molecule has 1 amide bonds. The Bertz CT molecular complexity index is 1640. The fourth-order valence-corrected chi connectivity index (χ4v) is 7.48. The Balaban J connectivity index is 1.16. The summed E-state index contributed by atoms with van der Waals surface area (Å²) >= 11 is 0. The number of fused-ring (bicyclic) bond motifs is 2. The first-order chi connectivity index (χ1) is 22.6. The Morgan fingerprint density at radius 3 is 2.72 bits per heavy atom. The molecule has 7 heterocycles. The van der Waals surface area contributed by atoms with E-state index in [1.165, 1.54) is 6.21 Å². The van der Waals surface area contributed by atoms with E-state index in [1.54, 1.807) is 0 Å². The molecule has 3 fully saturated rings. The second kappa shape index (κ2) is 12.5. The molecule has 4 aliphatic heterocycles. The molecule has 0 aliphatic carbocycles. The summed E-state index contributed by atoms with van der Waals surface area (Å²) in [4.78, 5) is 32.1. The first-order valence-electron chi connectivity index (χ1n) is 16.8. The number of oxime groups is 1. The molecule has 7 rings (SSSR count). The number of ether oxygens (including phenoxy) is 3. The fourth-order valence-electron chi connectivity index (χ4n) is 7.48. The third-order valence-electron chi connectivity index (χ3n) is 9.82. The minimum atomic E-state index is -0.566. The molecule has 14 heteroatoms. The summed E-state index contributed by atoms with van der Waals surface area (Å²) in [5, 5.41) is 20.4. The lowest BCUT2D eigenvalue weighted by Gasteiger charge is -2.42. The molecule has 3 atom stereocenters. The van der Waals surface area contributed by atoms with Crippen molar-refractivity contribution >= 4 is 40.8 Å². The molecule has 3 saturated heterocycles. The molecular formula is C33H45N9O5. The number of piperidine rings is 1. The molecule has 0 bridgehead atoms. The van der Waals surface area contributed by atoms with E-state index < -0.39 is 11.7 Å². The Hall–Kier alpha value is -4.04. The number of nitrogens with one attached hydrogen (secondary N) is 1. The van der Waals surface area contributed by atoms with Crippen molar-refractivity contribution < 1.29 is 24.2 Å². The van der Waals surface area contributed by atoms with E-state index in [4.69, 9.17) is 39.5 Å². The minimum absolute atomic E-state index is 0.0991. The molecule has 4 aliphatic rings. The van der Waals surface area contributed by atoms with Crippen LogP contribution in [0.1, 0.15) is 83.8 Å². The predicted molar refractivity (Wildman–Crippen MR) is 176 cm³/mol. The lowest BCUT2D eigenvalue weighted by Crippen LogP contribution is -2.55. The molecule has 0 radical (unpaired) electrons. The summed E-state index contributed by atoms with van der Waals surface area (Å²) in [6.07, 6.45) is 8.85. The molecule has 252 valence electrons. The summed E-state index contributed by atoms with van der Waals surface area (Å²) in [6, 6.07) is 3.72. The van der Waals surface area contributed by atoms with Crippen LogP contribution < -0.4 is 15.1 Å². The molecular weight excluding hydrogens is 602 g/mol. The van der Waals surface area contributed by atoms with Crippen molar-refractivity contribution in [2.24, 2.45) is 10.6 Å². The number of rotatable bonds is 5. The Morgan fingerprint density at radius 1 is 1.15 bits per heavy atom. The zero-order valence-corrected chi connectivity index (χ0v) is 27.7. The van der Waals surface area contributed by atoms with Crippen LogP contribution in [0.5, 0.6) is 0 Å². The van der Waals surface area contributed by atoms with Crippen molar-refractivity contribution in [1.82, 2.24) is 30.0 Å². The fraction of sp³-hybridized carbons (Fsp3) is 0.636.